The lowest BCUT2D eigenvalue weighted by Gasteiger charge is -2.20. The summed E-state index contributed by atoms with van der Waals surface area (Å²) in [6.45, 7) is 4.19. The molecule has 1 heterocycles. The zero-order chi connectivity index (χ0) is 33.4. The molecule has 9 heteroatoms. The molecular weight excluding hydrogens is 593 g/mol. The van der Waals surface area contributed by atoms with Gasteiger partial charge in [0.15, 0.2) is 11.9 Å². The first-order chi connectivity index (χ1) is 22.1. The van der Waals surface area contributed by atoms with Gasteiger partial charge in [-0.15, -0.1) is 0 Å². The number of ether oxygens (including phenoxy) is 1. The molecule has 0 fully saturated rings. The highest BCUT2D eigenvalue weighted by Gasteiger charge is 2.42. The normalized spacial score (nSPS) is 12.2. The van der Waals surface area contributed by atoms with Crippen LogP contribution in [0.15, 0.2) is 54.9 Å². The van der Waals surface area contributed by atoms with Gasteiger partial charge in [-0.2, -0.15) is 13.2 Å². The number of esters is 1. The largest absolute Gasteiger partial charge is 0.478 e. The molecule has 3 rings (SSSR count). The monoisotopic (exact) mass is 640 g/mol. The highest BCUT2D eigenvalue weighted by molar-refractivity contribution is 5.97. The Balaban J connectivity index is 1.65. The number of alkyl halides is 3. The van der Waals surface area contributed by atoms with Crippen LogP contribution in [-0.2, 0) is 11.2 Å². The van der Waals surface area contributed by atoms with E-state index in [2.05, 4.69) is 16.9 Å². The van der Waals surface area contributed by atoms with Crippen molar-refractivity contribution in [3.63, 3.8) is 0 Å². The second kappa shape index (κ2) is 19.0. The first-order valence-electron chi connectivity index (χ1n) is 16.7. The number of nitrogens with zero attached hydrogens (tertiary/aromatic N) is 2. The zero-order valence-corrected chi connectivity index (χ0v) is 27.1. The number of halogens is 3. The van der Waals surface area contributed by atoms with Crippen molar-refractivity contribution in [2.45, 2.75) is 122 Å². The summed E-state index contributed by atoms with van der Waals surface area (Å²) in [5, 5.41) is 9.82. The molecule has 0 aliphatic rings. The van der Waals surface area contributed by atoms with Crippen LogP contribution in [0.3, 0.4) is 0 Å². The van der Waals surface area contributed by atoms with Crippen LogP contribution in [0.25, 0.3) is 22.5 Å². The van der Waals surface area contributed by atoms with Gasteiger partial charge in [0.1, 0.15) is 0 Å². The Bertz CT molecular complexity index is 1360. The maximum atomic E-state index is 13.5. The summed E-state index contributed by atoms with van der Waals surface area (Å²) < 4.78 is 45.4. The van der Waals surface area contributed by atoms with Gasteiger partial charge < -0.3 is 9.84 Å². The first-order valence-corrected chi connectivity index (χ1v) is 16.7. The molecule has 0 radical (unpaired) electrons. The van der Waals surface area contributed by atoms with E-state index in [9.17, 15) is 27.9 Å². The number of unbranched alkanes of at least 4 members (excludes halogenated alkanes) is 11. The Kier molecular flexibility index (Phi) is 15.2. The first kappa shape index (κ1) is 36.7. The third-order valence-corrected chi connectivity index (χ3v) is 8.15. The van der Waals surface area contributed by atoms with Crippen LogP contribution in [0.5, 0.6) is 0 Å². The number of aromatic nitrogens is 2. The molecule has 3 aromatic rings. The highest BCUT2D eigenvalue weighted by atomic mass is 19.4. The van der Waals surface area contributed by atoms with Gasteiger partial charge in [0.25, 0.3) is 0 Å². The van der Waals surface area contributed by atoms with E-state index < -0.39 is 24.2 Å². The second-order valence-electron chi connectivity index (χ2n) is 11.9. The van der Waals surface area contributed by atoms with Crippen LogP contribution in [0, 0.1) is 0 Å². The Morgan fingerprint density at radius 1 is 0.761 bits per heavy atom. The fraction of sp³-hybridized carbons (Fsp3) is 0.514. The third kappa shape index (κ3) is 11.9. The van der Waals surface area contributed by atoms with Crippen molar-refractivity contribution in [3.8, 4) is 22.5 Å². The second-order valence-corrected chi connectivity index (χ2v) is 11.9. The van der Waals surface area contributed by atoms with Gasteiger partial charge in [0.2, 0.25) is 0 Å². The molecule has 0 bridgehead atoms. The zero-order valence-electron chi connectivity index (χ0n) is 27.1. The minimum atomic E-state index is -4.66. The lowest BCUT2D eigenvalue weighted by molar-refractivity contribution is -0.206. The Labute approximate surface area is 270 Å². The van der Waals surface area contributed by atoms with E-state index in [1.807, 2.05) is 6.92 Å². The number of aromatic carboxylic acids is 1. The van der Waals surface area contributed by atoms with Gasteiger partial charge in [0.05, 0.1) is 11.1 Å². The van der Waals surface area contributed by atoms with Crippen molar-refractivity contribution < 1.29 is 32.6 Å². The van der Waals surface area contributed by atoms with E-state index in [-0.39, 0.29) is 17.5 Å². The lowest BCUT2D eigenvalue weighted by Crippen LogP contribution is -2.33. The number of rotatable bonds is 20. The Morgan fingerprint density at radius 2 is 1.30 bits per heavy atom. The number of benzene rings is 2. The third-order valence-electron chi connectivity index (χ3n) is 8.15. The van der Waals surface area contributed by atoms with E-state index in [1.165, 1.54) is 81.7 Å². The number of carbonyl (C=O) groups is 2. The van der Waals surface area contributed by atoms with Gasteiger partial charge in [0, 0.05) is 18.0 Å². The molecule has 0 unspecified atom stereocenters. The van der Waals surface area contributed by atoms with Gasteiger partial charge in [-0.3, -0.25) is 0 Å². The number of hydrogen-bond donors (Lipinski definition) is 1. The smallest absolute Gasteiger partial charge is 0.425 e. The van der Waals surface area contributed by atoms with Crippen LogP contribution in [0.2, 0.25) is 0 Å². The van der Waals surface area contributed by atoms with Crippen molar-refractivity contribution >= 4 is 11.9 Å². The minimum Gasteiger partial charge on any atom is -0.478 e. The molecule has 0 aliphatic carbocycles. The fourth-order valence-corrected chi connectivity index (χ4v) is 5.41. The summed E-state index contributed by atoms with van der Waals surface area (Å²) in [6.07, 6.45) is 11.3. The SMILES string of the molecule is CCCCCCCCCCCc1cnc(-c2ccc(C(=O)O)c(-c3ccc(C(=O)O[C@@H](CCCCCC)C(F)(F)F)cc3)c2)nc1. The van der Waals surface area contributed by atoms with Crippen LogP contribution in [0.1, 0.15) is 130 Å². The molecule has 250 valence electrons. The summed E-state index contributed by atoms with van der Waals surface area (Å²) in [5.74, 6) is -1.77. The van der Waals surface area contributed by atoms with E-state index >= 15 is 0 Å². The Hall–Kier alpha value is -3.75. The van der Waals surface area contributed by atoms with Gasteiger partial charge in [-0.05, 0) is 66.6 Å². The van der Waals surface area contributed by atoms with Crippen molar-refractivity contribution in [2.24, 2.45) is 0 Å². The maximum absolute atomic E-state index is 13.5. The summed E-state index contributed by atoms with van der Waals surface area (Å²) in [5.41, 5.74) is 2.50. The maximum Gasteiger partial charge on any atom is 0.425 e. The number of hydrogen-bond acceptors (Lipinski definition) is 5. The average molecular weight is 641 g/mol. The topological polar surface area (TPSA) is 89.4 Å². The number of carbonyl (C=O) groups excluding carboxylic acids is 1. The van der Waals surface area contributed by atoms with Gasteiger partial charge in [-0.25, -0.2) is 19.6 Å². The predicted octanol–water partition coefficient (Wildman–Crippen LogP) is 10.6. The molecule has 0 aliphatic heterocycles. The van der Waals surface area contributed by atoms with Crippen molar-refractivity contribution in [1.82, 2.24) is 9.97 Å². The van der Waals surface area contributed by atoms with E-state index in [4.69, 9.17) is 4.74 Å². The summed E-state index contributed by atoms with van der Waals surface area (Å²) in [6, 6.07) is 10.5. The molecule has 0 amide bonds. The molecule has 6 nitrogen and oxygen atoms in total. The van der Waals surface area contributed by atoms with E-state index in [0.29, 0.717) is 35.4 Å². The standard InChI is InChI=1S/C37H47F3N2O4/c1-3-5-7-9-10-11-12-13-14-16-27-25-41-34(42-26-27)30-22-23-31(35(43)44)32(24-30)28-18-20-29(21-19-28)36(45)46-33(37(38,39)40)17-15-8-6-4-2/h18-26,33H,3-17H2,1-2H3,(H,43,44)/t33-/m0/s1. The molecule has 0 saturated carbocycles. The molecule has 46 heavy (non-hydrogen) atoms. The molecule has 2 aromatic carbocycles. The minimum absolute atomic E-state index is 0.0327. The number of aryl methyl sites for hydroxylation is 1. The quantitative estimate of drug-likeness (QED) is 0.0976. The van der Waals surface area contributed by atoms with Gasteiger partial charge in [-0.1, -0.05) is 103 Å². The number of carboxylic acids is 1. The molecule has 0 spiro atoms. The average Bonchev–Trinajstić information content (AvgIpc) is 3.05. The predicted molar refractivity (Wildman–Crippen MR) is 175 cm³/mol. The van der Waals surface area contributed by atoms with E-state index in [0.717, 1.165) is 31.2 Å². The van der Waals surface area contributed by atoms with Crippen molar-refractivity contribution in [3.05, 3.63) is 71.5 Å². The summed E-state index contributed by atoms with van der Waals surface area (Å²) in [4.78, 5) is 33.7. The fourth-order valence-electron chi connectivity index (χ4n) is 5.41. The molecular formula is C37H47F3N2O4. The summed E-state index contributed by atoms with van der Waals surface area (Å²) in [7, 11) is 0. The summed E-state index contributed by atoms with van der Waals surface area (Å²) >= 11 is 0. The van der Waals surface area contributed by atoms with Gasteiger partial charge >= 0.3 is 18.1 Å². The Morgan fingerprint density at radius 3 is 1.87 bits per heavy atom. The molecule has 1 aromatic heterocycles. The van der Waals surface area contributed by atoms with Crippen LogP contribution in [-0.4, -0.2) is 39.3 Å². The molecule has 1 atom stereocenters. The van der Waals surface area contributed by atoms with Crippen LogP contribution < -0.4 is 0 Å². The molecule has 0 saturated heterocycles. The molecule has 1 N–H and O–H groups in total. The number of carboxylic acid groups (broad SMARTS) is 1. The van der Waals surface area contributed by atoms with Crippen molar-refractivity contribution in [1.29, 1.82) is 0 Å². The highest BCUT2D eigenvalue weighted by Crippen LogP contribution is 2.31. The van der Waals surface area contributed by atoms with Crippen LogP contribution in [0.4, 0.5) is 13.2 Å². The van der Waals surface area contributed by atoms with Crippen molar-refractivity contribution in [2.75, 3.05) is 0 Å². The van der Waals surface area contributed by atoms with E-state index in [1.54, 1.807) is 24.5 Å². The lowest BCUT2D eigenvalue weighted by atomic mass is 9.96. The van der Waals surface area contributed by atoms with Crippen LogP contribution >= 0.6 is 0 Å².